The normalized spacial score (nSPS) is 11.1. The van der Waals surface area contributed by atoms with E-state index >= 15 is 0 Å². The van der Waals surface area contributed by atoms with Crippen LogP contribution in [0, 0.1) is 0 Å². The molecule has 182 valence electrons. The minimum Gasteiger partial charge on any atom is -0.461 e. The van der Waals surface area contributed by atoms with Crippen molar-refractivity contribution in [3.8, 4) is 17.3 Å². The summed E-state index contributed by atoms with van der Waals surface area (Å²) < 4.78 is 7.37. The fourth-order valence-corrected chi connectivity index (χ4v) is 5.59. The maximum Gasteiger partial charge on any atom is 0.270 e. The molecule has 4 aromatic heterocycles. The second-order valence-electron chi connectivity index (χ2n) is 7.46. The van der Waals surface area contributed by atoms with Gasteiger partial charge in [0, 0.05) is 35.3 Å². The lowest BCUT2D eigenvalue weighted by Gasteiger charge is -2.11. The topological polar surface area (TPSA) is 98.7 Å². The lowest BCUT2D eigenvalue weighted by atomic mass is 10.2. The van der Waals surface area contributed by atoms with E-state index in [0.717, 1.165) is 10.7 Å². The van der Waals surface area contributed by atoms with Crippen LogP contribution in [0.2, 0.25) is 10.0 Å². The van der Waals surface area contributed by atoms with Gasteiger partial charge in [-0.25, -0.2) is 4.98 Å². The predicted molar refractivity (Wildman–Crippen MR) is 141 cm³/mol. The van der Waals surface area contributed by atoms with Crippen LogP contribution in [0.1, 0.15) is 21.2 Å². The molecule has 0 atom stereocenters. The molecule has 0 aliphatic carbocycles. The summed E-state index contributed by atoms with van der Waals surface area (Å²) in [6.45, 7) is 0.484. The molecule has 0 aliphatic rings. The molecule has 8 nitrogen and oxygen atoms in total. The van der Waals surface area contributed by atoms with Crippen LogP contribution in [-0.2, 0) is 12.2 Å². The van der Waals surface area contributed by atoms with Crippen molar-refractivity contribution in [1.82, 2.24) is 30.0 Å². The van der Waals surface area contributed by atoms with Gasteiger partial charge in [0.1, 0.15) is 10.7 Å². The zero-order valence-corrected chi connectivity index (χ0v) is 21.7. The van der Waals surface area contributed by atoms with Crippen molar-refractivity contribution in [3.63, 3.8) is 0 Å². The molecule has 0 spiro atoms. The number of benzene rings is 1. The summed E-state index contributed by atoms with van der Waals surface area (Å²) in [6, 6.07) is 14.5. The Labute approximate surface area is 224 Å². The largest absolute Gasteiger partial charge is 0.461 e. The van der Waals surface area contributed by atoms with Crippen LogP contribution in [0.25, 0.3) is 17.3 Å². The maximum absolute atomic E-state index is 12.5. The van der Waals surface area contributed by atoms with Crippen molar-refractivity contribution < 1.29 is 9.21 Å². The van der Waals surface area contributed by atoms with E-state index in [9.17, 15) is 4.79 Å². The third-order valence-corrected chi connectivity index (χ3v) is 7.54. The van der Waals surface area contributed by atoms with Crippen LogP contribution in [0.4, 0.5) is 0 Å². The van der Waals surface area contributed by atoms with Crippen LogP contribution in [0.3, 0.4) is 0 Å². The quantitative estimate of drug-likeness (QED) is 0.224. The number of aromatic nitrogens is 5. The molecule has 5 rings (SSSR count). The first kappa shape index (κ1) is 24.5. The van der Waals surface area contributed by atoms with E-state index in [2.05, 4.69) is 25.5 Å². The highest BCUT2D eigenvalue weighted by atomic mass is 35.5. The van der Waals surface area contributed by atoms with Gasteiger partial charge in [0.15, 0.2) is 10.9 Å². The molecule has 1 N–H and O–H groups in total. The number of carbonyl (C=O) groups is 1. The summed E-state index contributed by atoms with van der Waals surface area (Å²) in [4.78, 5) is 21.3. The SMILES string of the molecule is O=C(NCCc1ccccn1)c1csc(CSc2nnc(-c3ccco3)n2-c2ccc(Cl)cc2Cl)n1. The fraction of sp³-hybridized carbons (Fsp3) is 0.125. The van der Waals surface area contributed by atoms with E-state index in [1.54, 1.807) is 48.2 Å². The van der Waals surface area contributed by atoms with Crippen LogP contribution in [0.15, 0.2) is 75.9 Å². The number of furan rings is 1. The Kier molecular flexibility index (Phi) is 7.66. The molecule has 5 aromatic rings. The van der Waals surface area contributed by atoms with Gasteiger partial charge in [-0.2, -0.15) is 0 Å². The molecule has 1 amide bonds. The molecule has 0 saturated heterocycles. The van der Waals surface area contributed by atoms with E-state index < -0.39 is 0 Å². The van der Waals surface area contributed by atoms with E-state index in [4.69, 9.17) is 27.6 Å². The number of thiazole rings is 1. The number of nitrogens with one attached hydrogen (secondary N) is 1. The Morgan fingerprint density at radius 3 is 2.83 bits per heavy atom. The Morgan fingerprint density at radius 1 is 1.14 bits per heavy atom. The lowest BCUT2D eigenvalue weighted by molar-refractivity contribution is 0.0949. The van der Waals surface area contributed by atoms with Crippen LogP contribution >= 0.6 is 46.3 Å². The number of nitrogens with zero attached hydrogens (tertiary/aromatic N) is 5. The summed E-state index contributed by atoms with van der Waals surface area (Å²) in [6.07, 6.45) is 3.96. The third-order valence-electron chi connectivity index (χ3n) is 5.03. The number of carbonyl (C=O) groups excluding carboxylic acids is 1. The standard InChI is InChI=1S/C24H18Cl2N6O2S2/c25-15-6-7-19(17(26)12-15)32-22(20-5-3-11-34-20)30-31-24(32)36-14-21-29-18(13-35-21)23(33)28-10-8-16-4-1-2-9-27-16/h1-7,9,11-13H,8,10,14H2,(H,28,33). The predicted octanol–water partition coefficient (Wildman–Crippen LogP) is 5.95. The number of amides is 1. The minimum atomic E-state index is -0.213. The molecular formula is C24H18Cl2N6O2S2. The average Bonchev–Trinajstić information content (AvgIpc) is 3.64. The van der Waals surface area contributed by atoms with Crippen molar-refractivity contribution in [3.05, 3.63) is 92.8 Å². The van der Waals surface area contributed by atoms with Gasteiger partial charge in [0.2, 0.25) is 5.82 Å². The second-order valence-corrected chi connectivity index (χ2v) is 10.2. The molecule has 1 aromatic carbocycles. The van der Waals surface area contributed by atoms with Gasteiger partial charge < -0.3 is 9.73 Å². The molecule has 0 saturated carbocycles. The van der Waals surface area contributed by atoms with Crippen molar-refractivity contribution in [1.29, 1.82) is 0 Å². The first-order valence-electron chi connectivity index (χ1n) is 10.8. The Hall–Kier alpha value is -3.18. The van der Waals surface area contributed by atoms with Crippen LogP contribution in [-0.4, -0.2) is 37.2 Å². The molecular weight excluding hydrogens is 539 g/mol. The van der Waals surface area contributed by atoms with Crippen molar-refractivity contribution >= 4 is 52.2 Å². The average molecular weight is 557 g/mol. The molecule has 0 fully saturated rings. The highest BCUT2D eigenvalue weighted by molar-refractivity contribution is 7.98. The first-order valence-corrected chi connectivity index (χ1v) is 13.4. The van der Waals surface area contributed by atoms with Crippen molar-refractivity contribution in [2.75, 3.05) is 6.54 Å². The number of thioether (sulfide) groups is 1. The van der Waals surface area contributed by atoms with Gasteiger partial charge in [0.25, 0.3) is 5.91 Å². The number of rotatable bonds is 9. The van der Waals surface area contributed by atoms with E-state index in [1.165, 1.54) is 23.1 Å². The van der Waals surface area contributed by atoms with Crippen molar-refractivity contribution in [2.45, 2.75) is 17.3 Å². The highest BCUT2D eigenvalue weighted by Gasteiger charge is 2.21. The monoisotopic (exact) mass is 556 g/mol. The summed E-state index contributed by atoms with van der Waals surface area (Å²) in [5.74, 6) is 1.35. The second kappa shape index (κ2) is 11.3. The van der Waals surface area contributed by atoms with E-state index in [1.807, 2.05) is 22.8 Å². The van der Waals surface area contributed by atoms with Crippen LogP contribution < -0.4 is 5.32 Å². The van der Waals surface area contributed by atoms with Crippen LogP contribution in [0.5, 0.6) is 0 Å². The molecule has 0 radical (unpaired) electrons. The first-order chi connectivity index (χ1) is 17.6. The Morgan fingerprint density at radius 2 is 2.06 bits per heavy atom. The number of hydrogen-bond donors (Lipinski definition) is 1. The smallest absolute Gasteiger partial charge is 0.270 e. The lowest BCUT2D eigenvalue weighted by Crippen LogP contribution is -2.26. The van der Waals surface area contributed by atoms with E-state index in [0.29, 0.717) is 56.9 Å². The van der Waals surface area contributed by atoms with Gasteiger partial charge in [-0.3, -0.25) is 14.3 Å². The minimum absolute atomic E-state index is 0.213. The van der Waals surface area contributed by atoms with Gasteiger partial charge in [-0.05, 0) is 42.5 Å². The third kappa shape index (κ3) is 5.62. The zero-order valence-electron chi connectivity index (χ0n) is 18.6. The molecule has 4 heterocycles. The number of pyridine rings is 1. The summed E-state index contributed by atoms with van der Waals surface area (Å²) in [7, 11) is 0. The van der Waals surface area contributed by atoms with Gasteiger partial charge in [0.05, 0.1) is 22.7 Å². The van der Waals surface area contributed by atoms with E-state index in [-0.39, 0.29) is 5.91 Å². The van der Waals surface area contributed by atoms with Gasteiger partial charge in [-0.1, -0.05) is 41.0 Å². The molecule has 0 unspecified atom stereocenters. The molecule has 0 bridgehead atoms. The number of hydrogen-bond acceptors (Lipinski definition) is 8. The Bertz CT molecular complexity index is 1470. The maximum atomic E-state index is 12.5. The fourth-order valence-electron chi connectivity index (χ4n) is 3.36. The molecule has 36 heavy (non-hydrogen) atoms. The Balaban J connectivity index is 1.29. The highest BCUT2D eigenvalue weighted by Crippen LogP contribution is 2.34. The van der Waals surface area contributed by atoms with Gasteiger partial charge >= 0.3 is 0 Å². The summed E-state index contributed by atoms with van der Waals surface area (Å²) >= 11 is 15.4. The van der Waals surface area contributed by atoms with Gasteiger partial charge in [-0.15, -0.1) is 21.5 Å². The summed E-state index contributed by atoms with van der Waals surface area (Å²) in [5.41, 5.74) is 1.98. The summed E-state index contributed by atoms with van der Waals surface area (Å²) in [5, 5.41) is 15.7. The van der Waals surface area contributed by atoms with Crippen molar-refractivity contribution in [2.24, 2.45) is 0 Å². The molecule has 12 heteroatoms. The zero-order chi connectivity index (χ0) is 24.9. The molecule has 0 aliphatic heterocycles. The number of halogens is 2.